The SMILES string of the molecule is CCCCCC[C@H](OC(C)=O)[C@@H]1O[C@H]1CC. The second-order valence-electron chi connectivity index (χ2n) is 4.54. The number of hydrogen-bond acceptors (Lipinski definition) is 3. The van der Waals surface area contributed by atoms with Crippen LogP contribution in [0.15, 0.2) is 0 Å². The molecule has 1 heterocycles. The van der Waals surface area contributed by atoms with E-state index in [4.69, 9.17) is 9.47 Å². The zero-order valence-electron chi connectivity index (χ0n) is 10.7. The molecule has 0 amide bonds. The van der Waals surface area contributed by atoms with Gasteiger partial charge in [0.2, 0.25) is 0 Å². The number of rotatable bonds is 8. The quantitative estimate of drug-likeness (QED) is 0.364. The van der Waals surface area contributed by atoms with Crippen LogP contribution in [0.25, 0.3) is 0 Å². The lowest BCUT2D eigenvalue weighted by molar-refractivity contribution is -0.147. The van der Waals surface area contributed by atoms with Gasteiger partial charge in [-0.25, -0.2) is 0 Å². The molecule has 3 atom stereocenters. The second-order valence-corrected chi connectivity index (χ2v) is 4.54. The van der Waals surface area contributed by atoms with Crippen LogP contribution in [0.3, 0.4) is 0 Å². The fourth-order valence-corrected chi connectivity index (χ4v) is 2.09. The first kappa shape index (κ1) is 13.5. The van der Waals surface area contributed by atoms with E-state index in [1.807, 2.05) is 0 Å². The van der Waals surface area contributed by atoms with Gasteiger partial charge in [0.1, 0.15) is 12.2 Å². The molecule has 0 aromatic heterocycles. The Hall–Kier alpha value is -0.570. The molecule has 16 heavy (non-hydrogen) atoms. The molecule has 0 aromatic carbocycles. The summed E-state index contributed by atoms with van der Waals surface area (Å²) >= 11 is 0. The minimum Gasteiger partial charge on any atom is -0.460 e. The molecule has 0 N–H and O–H groups in total. The van der Waals surface area contributed by atoms with Gasteiger partial charge in [0.25, 0.3) is 0 Å². The van der Waals surface area contributed by atoms with Crippen LogP contribution in [-0.4, -0.2) is 24.3 Å². The standard InChI is InChI=1S/C13H24O3/c1-4-6-7-8-9-12(15-10(3)14)13-11(5-2)16-13/h11-13H,4-9H2,1-3H3/t11-,12-,13+/m0/s1. The topological polar surface area (TPSA) is 38.8 Å². The largest absolute Gasteiger partial charge is 0.460 e. The van der Waals surface area contributed by atoms with Gasteiger partial charge >= 0.3 is 5.97 Å². The summed E-state index contributed by atoms with van der Waals surface area (Å²) in [6.07, 6.45) is 7.26. The Bertz CT molecular complexity index is 215. The Morgan fingerprint density at radius 3 is 2.56 bits per heavy atom. The zero-order chi connectivity index (χ0) is 12.0. The summed E-state index contributed by atoms with van der Waals surface area (Å²) in [5, 5.41) is 0. The van der Waals surface area contributed by atoms with Crippen molar-refractivity contribution in [2.45, 2.75) is 77.6 Å². The van der Waals surface area contributed by atoms with Gasteiger partial charge in [-0.05, 0) is 19.3 Å². The summed E-state index contributed by atoms with van der Waals surface area (Å²) in [4.78, 5) is 11.0. The Labute approximate surface area is 98.5 Å². The molecule has 1 fully saturated rings. The molecule has 1 rings (SSSR count). The molecule has 1 aliphatic rings. The van der Waals surface area contributed by atoms with Crippen LogP contribution in [0.5, 0.6) is 0 Å². The van der Waals surface area contributed by atoms with Crippen molar-refractivity contribution in [3.63, 3.8) is 0 Å². The zero-order valence-corrected chi connectivity index (χ0v) is 10.7. The van der Waals surface area contributed by atoms with Crippen molar-refractivity contribution >= 4 is 5.97 Å². The molecular formula is C13H24O3. The number of ether oxygens (including phenoxy) is 2. The molecule has 0 spiro atoms. The predicted octanol–water partition coefficient (Wildman–Crippen LogP) is 3.07. The Morgan fingerprint density at radius 2 is 2.06 bits per heavy atom. The summed E-state index contributed by atoms with van der Waals surface area (Å²) < 4.78 is 10.8. The summed E-state index contributed by atoms with van der Waals surface area (Å²) in [6, 6.07) is 0. The molecule has 0 radical (unpaired) electrons. The number of esters is 1. The van der Waals surface area contributed by atoms with Gasteiger partial charge in [-0.15, -0.1) is 0 Å². The van der Waals surface area contributed by atoms with Gasteiger partial charge in [-0.2, -0.15) is 0 Å². The maximum atomic E-state index is 11.0. The lowest BCUT2D eigenvalue weighted by Gasteiger charge is -2.14. The first-order valence-electron chi connectivity index (χ1n) is 6.51. The molecule has 3 heteroatoms. The van der Waals surface area contributed by atoms with Crippen LogP contribution in [0.2, 0.25) is 0 Å². The predicted molar refractivity (Wildman–Crippen MR) is 63.3 cm³/mol. The normalized spacial score (nSPS) is 25.2. The first-order valence-corrected chi connectivity index (χ1v) is 6.51. The van der Waals surface area contributed by atoms with Gasteiger partial charge in [0.05, 0.1) is 6.10 Å². The minimum absolute atomic E-state index is 0.0145. The van der Waals surface area contributed by atoms with Crippen LogP contribution >= 0.6 is 0 Å². The van der Waals surface area contributed by atoms with Gasteiger partial charge in [0, 0.05) is 6.92 Å². The molecule has 1 saturated heterocycles. The molecule has 0 aliphatic carbocycles. The van der Waals surface area contributed by atoms with E-state index in [0.29, 0.717) is 6.10 Å². The number of unbranched alkanes of at least 4 members (excludes halogenated alkanes) is 3. The lowest BCUT2D eigenvalue weighted by atomic mass is 10.0. The van der Waals surface area contributed by atoms with E-state index < -0.39 is 0 Å². The smallest absolute Gasteiger partial charge is 0.302 e. The van der Waals surface area contributed by atoms with Crippen molar-refractivity contribution in [2.24, 2.45) is 0 Å². The minimum atomic E-state index is -0.189. The Kier molecular flexibility index (Phi) is 5.81. The number of carbonyl (C=O) groups excluding carboxylic acids is 1. The highest BCUT2D eigenvalue weighted by molar-refractivity contribution is 5.66. The van der Waals surface area contributed by atoms with E-state index in [0.717, 1.165) is 19.3 Å². The van der Waals surface area contributed by atoms with Crippen LogP contribution < -0.4 is 0 Å². The fraction of sp³-hybridized carbons (Fsp3) is 0.923. The van der Waals surface area contributed by atoms with E-state index in [9.17, 15) is 4.79 Å². The van der Waals surface area contributed by atoms with Gasteiger partial charge in [-0.1, -0.05) is 33.1 Å². The van der Waals surface area contributed by atoms with Gasteiger partial charge in [-0.3, -0.25) is 4.79 Å². The highest BCUT2D eigenvalue weighted by atomic mass is 16.6. The van der Waals surface area contributed by atoms with E-state index in [1.165, 1.54) is 26.2 Å². The number of epoxide rings is 1. The van der Waals surface area contributed by atoms with Crippen molar-refractivity contribution in [3.8, 4) is 0 Å². The Morgan fingerprint density at radius 1 is 1.31 bits per heavy atom. The summed E-state index contributed by atoms with van der Waals surface area (Å²) in [5.41, 5.74) is 0. The number of hydrogen-bond donors (Lipinski definition) is 0. The third-order valence-corrected chi connectivity index (χ3v) is 3.05. The maximum absolute atomic E-state index is 11.0. The van der Waals surface area contributed by atoms with Crippen molar-refractivity contribution in [2.75, 3.05) is 0 Å². The van der Waals surface area contributed by atoms with Crippen LogP contribution in [0.1, 0.15) is 59.3 Å². The van der Waals surface area contributed by atoms with Crippen molar-refractivity contribution in [1.29, 1.82) is 0 Å². The highest BCUT2D eigenvalue weighted by Crippen LogP contribution is 2.32. The summed E-state index contributed by atoms with van der Waals surface area (Å²) in [6.45, 7) is 5.77. The van der Waals surface area contributed by atoms with Crippen molar-refractivity contribution < 1.29 is 14.3 Å². The fourth-order valence-electron chi connectivity index (χ4n) is 2.09. The van der Waals surface area contributed by atoms with E-state index in [-0.39, 0.29) is 18.2 Å². The van der Waals surface area contributed by atoms with Crippen molar-refractivity contribution in [1.82, 2.24) is 0 Å². The van der Waals surface area contributed by atoms with E-state index >= 15 is 0 Å². The molecule has 0 unspecified atom stereocenters. The van der Waals surface area contributed by atoms with Gasteiger partial charge < -0.3 is 9.47 Å². The van der Waals surface area contributed by atoms with E-state index in [2.05, 4.69) is 13.8 Å². The Balaban J connectivity index is 2.25. The summed E-state index contributed by atoms with van der Waals surface area (Å²) in [7, 11) is 0. The third kappa shape index (κ3) is 4.52. The average molecular weight is 228 g/mol. The first-order chi connectivity index (χ1) is 7.69. The molecule has 0 saturated carbocycles. The lowest BCUT2D eigenvalue weighted by Crippen LogP contribution is -2.24. The molecule has 0 aromatic rings. The third-order valence-electron chi connectivity index (χ3n) is 3.05. The van der Waals surface area contributed by atoms with Crippen LogP contribution in [0, 0.1) is 0 Å². The van der Waals surface area contributed by atoms with E-state index in [1.54, 1.807) is 0 Å². The highest BCUT2D eigenvalue weighted by Gasteiger charge is 2.44. The average Bonchev–Trinajstić information content (AvgIpc) is 3.01. The summed E-state index contributed by atoms with van der Waals surface area (Å²) in [5.74, 6) is -0.189. The number of carbonyl (C=O) groups is 1. The second kappa shape index (κ2) is 6.89. The maximum Gasteiger partial charge on any atom is 0.302 e. The molecule has 1 aliphatic heterocycles. The molecular weight excluding hydrogens is 204 g/mol. The van der Waals surface area contributed by atoms with Crippen LogP contribution in [-0.2, 0) is 14.3 Å². The molecule has 0 bridgehead atoms. The monoisotopic (exact) mass is 228 g/mol. The van der Waals surface area contributed by atoms with Crippen LogP contribution in [0.4, 0.5) is 0 Å². The molecule has 3 nitrogen and oxygen atoms in total. The van der Waals surface area contributed by atoms with Crippen molar-refractivity contribution in [3.05, 3.63) is 0 Å². The molecule has 94 valence electrons. The van der Waals surface area contributed by atoms with Gasteiger partial charge in [0.15, 0.2) is 0 Å².